The lowest BCUT2D eigenvalue weighted by molar-refractivity contribution is -0.121. The third kappa shape index (κ3) is 6.76. The average molecular weight is 293 g/mol. The highest BCUT2D eigenvalue weighted by Gasteiger charge is 2.02. The van der Waals surface area contributed by atoms with Crippen molar-refractivity contribution < 1.29 is 14.7 Å². The van der Waals surface area contributed by atoms with Gasteiger partial charge in [0.2, 0.25) is 0 Å². The van der Waals surface area contributed by atoms with E-state index in [0.29, 0.717) is 19.5 Å². The molecule has 0 heterocycles. The summed E-state index contributed by atoms with van der Waals surface area (Å²) in [6.45, 7) is 0.432. The first-order chi connectivity index (χ1) is 10.0. The van der Waals surface area contributed by atoms with E-state index in [0.717, 1.165) is 11.3 Å². The third-order valence-corrected chi connectivity index (χ3v) is 3.00. The van der Waals surface area contributed by atoms with Crippen LogP contribution in [-0.2, 0) is 11.3 Å². The highest BCUT2D eigenvalue weighted by Crippen LogP contribution is 2.11. The second-order valence-electron chi connectivity index (χ2n) is 4.97. The molecule has 116 valence electrons. The van der Waals surface area contributed by atoms with Gasteiger partial charge in [-0.3, -0.25) is 4.79 Å². The molecule has 0 saturated heterocycles. The number of Topliss-reactive ketones (excluding diaryl/α,β-unsaturated/α-hetero) is 1. The molecule has 0 saturated carbocycles. The van der Waals surface area contributed by atoms with E-state index in [1.165, 1.54) is 0 Å². The van der Waals surface area contributed by atoms with Gasteiger partial charge in [-0.15, -0.1) is 0 Å². The predicted molar refractivity (Wildman–Crippen MR) is 82.3 cm³/mol. The predicted octanol–water partition coefficient (Wildman–Crippen LogP) is 0.893. The van der Waals surface area contributed by atoms with E-state index in [1.807, 2.05) is 43.3 Å². The first kappa shape index (κ1) is 17.0. The molecule has 1 aromatic carbocycles. The fourth-order valence-corrected chi connectivity index (χ4v) is 1.72. The van der Waals surface area contributed by atoms with Crippen molar-refractivity contribution in [2.45, 2.75) is 19.4 Å². The molecule has 0 fully saturated rings. The number of urea groups is 1. The minimum absolute atomic E-state index is 0.210. The number of ketones is 1. The Morgan fingerprint density at radius 1 is 1.14 bits per heavy atom. The van der Waals surface area contributed by atoms with Gasteiger partial charge in [-0.2, -0.15) is 0 Å². The summed E-state index contributed by atoms with van der Waals surface area (Å²) in [4.78, 5) is 24.4. The number of aliphatic hydroxyl groups is 1. The Morgan fingerprint density at radius 3 is 2.38 bits per heavy atom. The summed E-state index contributed by atoms with van der Waals surface area (Å²) in [5, 5.41) is 14.0. The Labute approximate surface area is 125 Å². The summed E-state index contributed by atoms with van der Waals surface area (Å²) in [6, 6.07) is 7.67. The number of aliphatic hydroxyl groups excluding tert-OH is 1. The van der Waals surface area contributed by atoms with Crippen molar-refractivity contribution >= 4 is 17.5 Å². The lowest BCUT2D eigenvalue weighted by Crippen LogP contribution is -2.35. The van der Waals surface area contributed by atoms with Crippen LogP contribution < -0.4 is 15.5 Å². The maximum Gasteiger partial charge on any atom is 0.315 e. The molecule has 1 aromatic rings. The van der Waals surface area contributed by atoms with E-state index in [2.05, 4.69) is 10.6 Å². The van der Waals surface area contributed by atoms with Crippen LogP contribution in [-0.4, -0.2) is 44.2 Å². The highest BCUT2D eigenvalue weighted by molar-refractivity contribution is 5.79. The minimum atomic E-state index is -0.435. The van der Waals surface area contributed by atoms with Crippen molar-refractivity contribution in [3.05, 3.63) is 29.8 Å². The number of carbonyl (C=O) groups is 2. The van der Waals surface area contributed by atoms with E-state index in [1.54, 1.807) is 0 Å². The first-order valence-electron chi connectivity index (χ1n) is 6.93. The average Bonchev–Trinajstić information content (AvgIpc) is 2.49. The molecule has 0 aliphatic carbocycles. The number of rotatable bonds is 8. The van der Waals surface area contributed by atoms with E-state index in [-0.39, 0.29) is 18.2 Å². The molecule has 0 spiro atoms. The molecule has 1 rings (SSSR count). The SMILES string of the molecule is CN(C)c1ccc(CNC(=O)NCCCC(=O)CO)cc1. The second-order valence-corrected chi connectivity index (χ2v) is 4.97. The van der Waals surface area contributed by atoms with Crippen LogP contribution in [0.1, 0.15) is 18.4 Å². The summed E-state index contributed by atoms with van der Waals surface area (Å²) in [5.41, 5.74) is 2.13. The van der Waals surface area contributed by atoms with Crippen molar-refractivity contribution in [2.24, 2.45) is 0 Å². The Morgan fingerprint density at radius 2 is 1.81 bits per heavy atom. The minimum Gasteiger partial charge on any atom is -0.389 e. The normalized spacial score (nSPS) is 10.0. The molecule has 0 aliphatic heterocycles. The van der Waals surface area contributed by atoms with Gasteiger partial charge in [0.1, 0.15) is 6.61 Å². The van der Waals surface area contributed by atoms with Gasteiger partial charge in [-0.25, -0.2) is 4.79 Å². The van der Waals surface area contributed by atoms with Crippen LogP contribution in [0.25, 0.3) is 0 Å². The van der Waals surface area contributed by atoms with Crippen LogP contribution in [0.3, 0.4) is 0 Å². The topological polar surface area (TPSA) is 81.7 Å². The lowest BCUT2D eigenvalue weighted by atomic mass is 10.2. The molecule has 3 N–H and O–H groups in total. The molecule has 0 atom stereocenters. The summed E-state index contributed by atoms with van der Waals surface area (Å²) in [5.74, 6) is -0.210. The molecule has 0 aromatic heterocycles. The number of hydrogen-bond acceptors (Lipinski definition) is 4. The third-order valence-electron chi connectivity index (χ3n) is 3.00. The summed E-state index contributed by atoms with van der Waals surface area (Å²) >= 11 is 0. The Hall–Kier alpha value is -2.08. The number of hydrogen-bond donors (Lipinski definition) is 3. The van der Waals surface area contributed by atoms with Crippen LogP contribution in [0.5, 0.6) is 0 Å². The number of anilines is 1. The molecule has 0 radical (unpaired) electrons. The second kappa shape index (κ2) is 8.97. The maximum atomic E-state index is 11.5. The lowest BCUT2D eigenvalue weighted by Gasteiger charge is -2.13. The van der Waals surface area contributed by atoms with Crippen LogP contribution in [0.4, 0.5) is 10.5 Å². The van der Waals surface area contributed by atoms with E-state index in [9.17, 15) is 9.59 Å². The fraction of sp³-hybridized carbons (Fsp3) is 0.467. The van der Waals surface area contributed by atoms with Gasteiger partial charge in [0.15, 0.2) is 5.78 Å². The highest BCUT2D eigenvalue weighted by atomic mass is 16.3. The molecular weight excluding hydrogens is 270 g/mol. The number of nitrogens with one attached hydrogen (secondary N) is 2. The number of nitrogens with zero attached hydrogens (tertiary/aromatic N) is 1. The van der Waals surface area contributed by atoms with E-state index >= 15 is 0 Å². The zero-order valence-corrected chi connectivity index (χ0v) is 12.6. The van der Waals surface area contributed by atoms with Crippen molar-refractivity contribution in [1.29, 1.82) is 0 Å². The Balaban J connectivity index is 2.22. The number of amides is 2. The van der Waals surface area contributed by atoms with Gasteiger partial charge in [-0.1, -0.05) is 12.1 Å². The van der Waals surface area contributed by atoms with Gasteiger partial charge >= 0.3 is 6.03 Å². The molecule has 0 aliphatic rings. The van der Waals surface area contributed by atoms with E-state index < -0.39 is 6.61 Å². The van der Waals surface area contributed by atoms with E-state index in [4.69, 9.17) is 5.11 Å². The summed E-state index contributed by atoms with van der Waals surface area (Å²) < 4.78 is 0. The fourth-order valence-electron chi connectivity index (χ4n) is 1.72. The zero-order chi connectivity index (χ0) is 15.7. The number of benzene rings is 1. The molecule has 0 unspecified atom stereocenters. The Bertz CT molecular complexity index is 458. The van der Waals surface area contributed by atoms with Gasteiger partial charge in [0, 0.05) is 39.3 Å². The Kier molecular flexibility index (Phi) is 7.25. The standard InChI is InChI=1S/C15H23N3O3/c1-18(2)13-7-5-12(6-8-13)10-17-15(21)16-9-3-4-14(20)11-19/h5-8,19H,3-4,9-11H2,1-2H3,(H2,16,17,21). The summed E-state index contributed by atoms with van der Waals surface area (Å²) in [6.07, 6.45) is 0.813. The van der Waals surface area contributed by atoms with Crippen molar-refractivity contribution in [3.8, 4) is 0 Å². The van der Waals surface area contributed by atoms with Crippen molar-refractivity contribution in [3.63, 3.8) is 0 Å². The van der Waals surface area contributed by atoms with Gasteiger partial charge in [-0.05, 0) is 24.1 Å². The van der Waals surface area contributed by atoms with Crippen molar-refractivity contribution in [2.75, 3.05) is 32.1 Å². The molecule has 2 amide bonds. The molecular formula is C15H23N3O3. The van der Waals surface area contributed by atoms with Crippen molar-refractivity contribution in [1.82, 2.24) is 10.6 Å². The quantitative estimate of drug-likeness (QED) is 0.622. The van der Waals surface area contributed by atoms with Crippen LogP contribution in [0, 0.1) is 0 Å². The van der Waals surface area contributed by atoms with Gasteiger partial charge in [0.05, 0.1) is 0 Å². The maximum absolute atomic E-state index is 11.5. The molecule has 0 bridgehead atoms. The first-order valence-corrected chi connectivity index (χ1v) is 6.93. The smallest absolute Gasteiger partial charge is 0.315 e. The zero-order valence-electron chi connectivity index (χ0n) is 12.6. The molecule has 21 heavy (non-hydrogen) atoms. The van der Waals surface area contributed by atoms with Crippen LogP contribution in [0.15, 0.2) is 24.3 Å². The monoisotopic (exact) mass is 293 g/mol. The van der Waals surface area contributed by atoms with Crippen LogP contribution >= 0.6 is 0 Å². The van der Waals surface area contributed by atoms with Crippen LogP contribution in [0.2, 0.25) is 0 Å². The van der Waals surface area contributed by atoms with Gasteiger partial charge in [0.25, 0.3) is 0 Å². The molecule has 6 heteroatoms. The summed E-state index contributed by atoms with van der Waals surface area (Å²) in [7, 11) is 3.95. The number of carbonyl (C=O) groups excluding carboxylic acids is 2. The molecule has 6 nitrogen and oxygen atoms in total. The van der Waals surface area contributed by atoms with Gasteiger partial charge < -0.3 is 20.6 Å². The largest absolute Gasteiger partial charge is 0.389 e.